The fourth-order valence-electron chi connectivity index (χ4n) is 4.22. The third-order valence-electron chi connectivity index (χ3n) is 5.96. The van der Waals surface area contributed by atoms with Gasteiger partial charge in [0.05, 0.1) is 6.54 Å². The number of aromatic nitrogens is 5. The van der Waals surface area contributed by atoms with Crippen molar-refractivity contribution in [1.29, 1.82) is 0 Å². The van der Waals surface area contributed by atoms with Gasteiger partial charge in [-0.15, -0.1) is 5.10 Å². The minimum atomic E-state index is -0.280. The summed E-state index contributed by atoms with van der Waals surface area (Å²) in [5.41, 5.74) is 3.91. The van der Waals surface area contributed by atoms with E-state index in [9.17, 15) is 9.59 Å². The number of fused-ring (bicyclic) bond motifs is 1. The first-order chi connectivity index (χ1) is 14.8. The van der Waals surface area contributed by atoms with E-state index in [1.54, 1.807) is 4.68 Å². The van der Waals surface area contributed by atoms with Crippen molar-refractivity contribution in [2.45, 2.75) is 59.4 Å². The van der Waals surface area contributed by atoms with Crippen LogP contribution in [0.2, 0.25) is 0 Å². The Morgan fingerprint density at radius 1 is 1.29 bits per heavy atom. The molecule has 3 aromatic rings. The molecule has 1 N–H and O–H groups in total. The maximum atomic E-state index is 12.7. The molecule has 1 aromatic carbocycles. The van der Waals surface area contributed by atoms with Crippen LogP contribution in [0.15, 0.2) is 23.0 Å². The van der Waals surface area contributed by atoms with E-state index < -0.39 is 0 Å². The number of nitrogens with one attached hydrogen (secondary N) is 1. The molecule has 31 heavy (non-hydrogen) atoms. The van der Waals surface area contributed by atoms with Gasteiger partial charge >= 0.3 is 0 Å². The molecule has 2 aromatic heterocycles. The number of aryl methyl sites for hydroxylation is 2. The Morgan fingerprint density at radius 2 is 2.10 bits per heavy atom. The van der Waals surface area contributed by atoms with Crippen LogP contribution in [-0.2, 0) is 11.3 Å². The Morgan fingerprint density at radius 3 is 2.87 bits per heavy atom. The molecule has 1 atom stereocenters. The number of H-pyrrole nitrogens is 1. The summed E-state index contributed by atoms with van der Waals surface area (Å²) < 4.78 is 1.69. The van der Waals surface area contributed by atoms with Gasteiger partial charge < -0.3 is 9.88 Å². The van der Waals surface area contributed by atoms with E-state index in [1.807, 2.05) is 4.90 Å². The Labute approximate surface area is 181 Å². The van der Waals surface area contributed by atoms with Crippen LogP contribution in [0.5, 0.6) is 0 Å². The average Bonchev–Trinajstić information content (AvgIpc) is 3.13. The number of carbonyl (C=O) groups is 1. The zero-order valence-corrected chi connectivity index (χ0v) is 18.7. The van der Waals surface area contributed by atoms with Gasteiger partial charge in [0.25, 0.3) is 5.56 Å². The van der Waals surface area contributed by atoms with E-state index in [0.29, 0.717) is 36.9 Å². The Balaban J connectivity index is 1.64. The molecule has 1 saturated heterocycles. The second-order valence-electron chi connectivity index (χ2n) is 9.08. The molecule has 0 spiro atoms. The lowest BCUT2D eigenvalue weighted by atomic mass is 9.96. The molecule has 8 nitrogen and oxygen atoms in total. The number of nitrogens with zero attached hydrogens (tertiary/aromatic N) is 5. The maximum absolute atomic E-state index is 12.7. The number of rotatable bonds is 5. The van der Waals surface area contributed by atoms with Crippen molar-refractivity contribution >= 4 is 17.1 Å². The fourth-order valence-corrected chi connectivity index (χ4v) is 4.22. The number of hydrogen-bond donors (Lipinski definition) is 1. The first kappa shape index (κ1) is 21.2. The highest BCUT2D eigenvalue weighted by Crippen LogP contribution is 2.25. The SMILES string of the molecule is Cc1ccc(C)c(Cn2nnc3c(=O)[nH]c([C@H]4CCCN(C(=O)CC(C)C)C4)nc32)c1. The summed E-state index contributed by atoms with van der Waals surface area (Å²) in [7, 11) is 0. The minimum Gasteiger partial charge on any atom is -0.342 e. The normalized spacial score (nSPS) is 16.9. The molecule has 1 aliphatic rings. The molecular weight excluding hydrogens is 392 g/mol. The summed E-state index contributed by atoms with van der Waals surface area (Å²) in [4.78, 5) is 34.8. The number of aromatic amines is 1. The summed E-state index contributed by atoms with van der Waals surface area (Å²) in [5.74, 6) is 1.12. The predicted molar refractivity (Wildman–Crippen MR) is 119 cm³/mol. The van der Waals surface area contributed by atoms with Crippen LogP contribution in [0.1, 0.15) is 61.5 Å². The number of hydrogen-bond acceptors (Lipinski definition) is 5. The number of piperidine rings is 1. The van der Waals surface area contributed by atoms with Crippen LogP contribution in [0.25, 0.3) is 11.2 Å². The van der Waals surface area contributed by atoms with E-state index in [1.165, 1.54) is 5.56 Å². The maximum Gasteiger partial charge on any atom is 0.281 e. The molecule has 3 heterocycles. The third-order valence-corrected chi connectivity index (χ3v) is 5.96. The molecule has 4 rings (SSSR count). The van der Waals surface area contributed by atoms with E-state index in [-0.39, 0.29) is 22.9 Å². The van der Waals surface area contributed by atoms with Crippen molar-refractivity contribution in [3.05, 3.63) is 51.1 Å². The summed E-state index contributed by atoms with van der Waals surface area (Å²) in [6, 6.07) is 6.28. The van der Waals surface area contributed by atoms with E-state index in [2.05, 4.69) is 61.2 Å². The van der Waals surface area contributed by atoms with Gasteiger partial charge in [-0.2, -0.15) is 0 Å². The topological polar surface area (TPSA) is 96.8 Å². The van der Waals surface area contributed by atoms with Gasteiger partial charge in [0.1, 0.15) is 5.82 Å². The van der Waals surface area contributed by atoms with Crippen molar-refractivity contribution in [2.24, 2.45) is 5.92 Å². The molecule has 0 bridgehead atoms. The molecule has 0 saturated carbocycles. The zero-order chi connectivity index (χ0) is 22.1. The van der Waals surface area contributed by atoms with Gasteiger partial charge in [-0.25, -0.2) is 9.67 Å². The smallest absolute Gasteiger partial charge is 0.281 e. The highest BCUT2D eigenvalue weighted by molar-refractivity contribution is 5.76. The van der Waals surface area contributed by atoms with Crippen molar-refractivity contribution in [1.82, 2.24) is 29.9 Å². The standard InChI is InChI=1S/C23H30N6O2/c1-14(2)10-19(30)28-9-5-6-17(12-28)21-24-22-20(23(31)25-21)26-27-29(22)13-18-11-15(3)7-8-16(18)4/h7-8,11,14,17H,5-6,9-10,12-13H2,1-4H3,(H,24,25,31)/t17-/m0/s1. The lowest BCUT2D eigenvalue weighted by molar-refractivity contribution is -0.133. The second kappa shape index (κ2) is 8.61. The summed E-state index contributed by atoms with van der Waals surface area (Å²) in [6.45, 7) is 10.1. The van der Waals surface area contributed by atoms with Crippen molar-refractivity contribution < 1.29 is 4.79 Å². The van der Waals surface area contributed by atoms with Crippen LogP contribution in [0.3, 0.4) is 0 Å². The minimum absolute atomic E-state index is 0.00557. The van der Waals surface area contributed by atoms with Crippen LogP contribution in [-0.4, -0.2) is 48.9 Å². The summed E-state index contributed by atoms with van der Waals surface area (Å²) in [5, 5.41) is 8.27. The van der Waals surface area contributed by atoms with E-state index in [0.717, 1.165) is 30.5 Å². The first-order valence-corrected chi connectivity index (χ1v) is 11.0. The quantitative estimate of drug-likeness (QED) is 0.682. The van der Waals surface area contributed by atoms with Gasteiger partial charge in [-0.3, -0.25) is 9.59 Å². The van der Waals surface area contributed by atoms with E-state index >= 15 is 0 Å². The third kappa shape index (κ3) is 4.52. The Kier molecular flexibility index (Phi) is 5.89. The van der Waals surface area contributed by atoms with Crippen molar-refractivity contribution in [3.63, 3.8) is 0 Å². The van der Waals surface area contributed by atoms with Crippen molar-refractivity contribution in [2.75, 3.05) is 13.1 Å². The molecule has 0 unspecified atom stereocenters. The lowest BCUT2D eigenvalue weighted by Crippen LogP contribution is -2.40. The lowest BCUT2D eigenvalue weighted by Gasteiger charge is -2.32. The Bertz CT molecular complexity index is 1160. The molecule has 8 heteroatoms. The molecule has 0 radical (unpaired) electrons. The average molecular weight is 423 g/mol. The first-order valence-electron chi connectivity index (χ1n) is 11.0. The van der Waals surface area contributed by atoms with Gasteiger partial charge in [0.15, 0.2) is 11.2 Å². The van der Waals surface area contributed by atoms with Gasteiger partial charge in [0, 0.05) is 25.4 Å². The van der Waals surface area contributed by atoms with Gasteiger partial charge in [-0.1, -0.05) is 42.8 Å². The summed E-state index contributed by atoms with van der Waals surface area (Å²) >= 11 is 0. The number of likely N-dealkylation sites (tertiary alicyclic amines) is 1. The monoisotopic (exact) mass is 422 g/mol. The fraction of sp³-hybridized carbons (Fsp3) is 0.522. The molecule has 1 fully saturated rings. The Hall–Kier alpha value is -3.03. The molecule has 164 valence electrons. The molecule has 0 aliphatic carbocycles. The van der Waals surface area contributed by atoms with Crippen LogP contribution in [0.4, 0.5) is 0 Å². The van der Waals surface area contributed by atoms with Gasteiger partial charge in [-0.05, 0) is 43.7 Å². The van der Waals surface area contributed by atoms with Crippen molar-refractivity contribution in [3.8, 4) is 0 Å². The second-order valence-corrected chi connectivity index (χ2v) is 9.08. The van der Waals surface area contributed by atoms with Crippen LogP contribution >= 0.6 is 0 Å². The molecule has 1 aliphatic heterocycles. The highest BCUT2D eigenvalue weighted by atomic mass is 16.2. The molecular formula is C23H30N6O2. The van der Waals surface area contributed by atoms with E-state index in [4.69, 9.17) is 4.98 Å². The largest absolute Gasteiger partial charge is 0.342 e. The zero-order valence-electron chi connectivity index (χ0n) is 18.7. The summed E-state index contributed by atoms with van der Waals surface area (Å²) in [6.07, 6.45) is 2.33. The highest BCUT2D eigenvalue weighted by Gasteiger charge is 2.27. The number of amides is 1. The van der Waals surface area contributed by atoms with Gasteiger partial charge in [0.2, 0.25) is 5.91 Å². The number of benzene rings is 1. The van der Waals surface area contributed by atoms with Crippen LogP contribution in [0, 0.1) is 19.8 Å². The molecule has 1 amide bonds. The predicted octanol–water partition coefficient (Wildman–Crippen LogP) is 2.93. The van der Waals surface area contributed by atoms with Crippen LogP contribution < -0.4 is 5.56 Å². The number of carbonyl (C=O) groups excluding carboxylic acids is 1.